The molecule has 1 atom stereocenters. The Kier molecular flexibility index (Phi) is 6.35. The maximum atomic E-state index is 12.7. The molecule has 8 heteroatoms. The Morgan fingerprint density at radius 1 is 1.23 bits per heavy atom. The van der Waals surface area contributed by atoms with Crippen molar-refractivity contribution in [2.24, 2.45) is 0 Å². The number of hydrogen-bond acceptors (Lipinski definition) is 7. The number of rotatable bonds is 8. The van der Waals surface area contributed by atoms with E-state index in [4.69, 9.17) is 13.9 Å². The third-order valence-electron chi connectivity index (χ3n) is 5.28. The van der Waals surface area contributed by atoms with E-state index in [1.54, 1.807) is 25.9 Å². The second-order valence-electron chi connectivity index (χ2n) is 7.09. The van der Waals surface area contributed by atoms with E-state index in [2.05, 4.69) is 15.2 Å². The van der Waals surface area contributed by atoms with E-state index < -0.39 is 0 Å². The summed E-state index contributed by atoms with van der Waals surface area (Å²) in [5.74, 6) is 1.97. The van der Waals surface area contributed by atoms with Gasteiger partial charge in [0.05, 0.1) is 26.5 Å². The van der Waals surface area contributed by atoms with Crippen LogP contribution in [0.5, 0.6) is 11.5 Å². The maximum absolute atomic E-state index is 12.7. The molecule has 1 aliphatic heterocycles. The number of benzene rings is 1. The number of furan rings is 1. The van der Waals surface area contributed by atoms with Gasteiger partial charge in [-0.1, -0.05) is 0 Å². The first-order valence-electron chi connectivity index (χ1n) is 9.93. The normalized spacial score (nSPS) is 15.1. The molecule has 3 heterocycles. The maximum Gasteiger partial charge on any atom is 0.270 e. The molecule has 1 saturated heterocycles. The summed E-state index contributed by atoms with van der Waals surface area (Å²) in [7, 11) is 3.19. The Morgan fingerprint density at radius 2 is 2.03 bits per heavy atom. The SMILES string of the molecule is COc1ccc(-c2nc(C(=O)NCC(c3ccco3)N3CCCC3)cs2)cc1OC. The molecule has 158 valence electrons. The molecule has 1 unspecified atom stereocenters. The van der Waals surface area contributed by atoms with Gasteiger partial charge in [0.15, 0.2) is 11.5 Å². The molecule has 3 aromatic rings. The number of hydrogen-bond donors (Lipinski definition) is 1. The van der Waals surface area contributed by atoms with Crippen molar-refractivity contribution in [3.05, 3.63) is 53.4 Å². The van der Waals surface area contributed by atoms with Crippen molar-refractivity contribution >= 4 is 17.2 Å². The van der Waals surface area contributed by atoms with E-state index in [1.807, 2.05) is 30.3 Å². The molecular formula is C22H25N3O4S. The number of amides is 1. The summed E-state index contributed by atoms with van der Waals surface area (Å²) in [6.07, 6.45) is 4.02. The van der Waals surface area contributed by atoms with Gasteiger partial charge in [-0.05, 0) is 56.3 Å². The molecule has 0 saturated carbocycles. The number of likely N-dealkylation sites (tertiary alicyclic amines) is 1. The van der Waals surface area contributed by atoms with Gasteiger partial charge in [0.25, 0.3) is 5.91 Å². The molecule has 1 amide bonds. The molecule has 0 bridgehead atoms. The van der Waals surface area contributed by atoms with Crippen LogP contribution in [0.15, 0.2) is 46.4 Å². The minimum Gasteiger partial charge on any atom is -0.493 e. The first kappa shape index (κ1) is 20.4. The van der Waals surface area contributed by atoms with Crippen LogP contribution in [0, 0.1) is 0 Å². The third kappa shape index (κ3) is 4.34. The minimum absolute atomic E-state index is 0.0374. The lowest BCUT2D eigenvalue weighted by Gasteiger charge is -2.25. The van der Waals surface area contributed by atoms with Crippen molar-refractivity contribution in [1.29, 1.82) is 0 Å². The van der Waals surface area contributed by atoms with Gasteiger partial charge in [-0.25, -0.2) is 4.98 Å². The molecule has 2 aromatic heterocycles. The van der Waals surface area contributed by atoms with Crippen LogP contribution in [0.3, 0.4) is 0 Å². The lowest BCUT2D eigenvalue weighted by Crippen LogP contribution is -2.36. The van der Waals surface area contributed by atoms with Gasteiger partial charge in [0, 0.05) is 17.5 Å². The Morgan fingerprint density at radius 3 is 2.73 bits per heavy atom. The molecule has 4 rings (SSSR count). The monoisotopic (exact) mass is 427 g/mol. The number of aromatic nitrogens is 1. The fourth-order valence-electron chi connectivity index (χ4n) is 3.70. The van der Waals surface area contributed by atoms with Gasteiger partial charge in [-0.3, -0.25) is 9.69 Å². The second kappa shape index (κ2) is 9.32. The summed E-state index contributed by atoms with van der Waals surface area (Å²) < 4.78 is 16.3. The van der Waals surface area contributed by atoms with Crippen molar-refractivity contribution in [2.45, 2.75) is 18.9 Å². The molecule has 7 nitrogen and oxygen atoms in total. The number of carbonyl (C=O) groups excluding carboxylic acids is 1. The van der Waals surface area contributed by atoms with Crippen LogP contribution in [-0.4, -0.2) is 49.6 Å². The zero-order valence-corrected chi connectivity index (χ0v) is 17.9. The lowest BCUT2D eigenvalue weighted by molar-refractivity contribution is 0.0929. The van der Waals surface area contributed by atoms with E-state index in [0.29, 0.717) is 23.7 Å². The number of ether oxygens (including phenoxy) is 2. The zero-order chi connectivity index (χ0) is 20.9. The quantitative estimate of drug-likeness (QED) is 0.586. The molecule has 1 fully saturated rings. The van der Waals surface area contributed by atoms with Crippen molar-refractivity contribution in [3.8, 4) is 22.1 Å². The van der Waals surface area contributed by atoms with Crippen LogP contribution in [-0.2, 0) is 0 Å². The van der Waals surface area contributed by atoms with Gasteiger partial charge in [0.2, 0.25) is 0 Å². The summed E-state index contributed by atoms with van der Waals surface area (Å²) in [5, 5.41) is 5.56. The highest BCUT2D eigenvalue weighted by atomic mass is 32.1. The topological polar surface area (TPSA) is 76.8 Å². The number of carbonyl (C=O) groups is 1. The van der Waals surface area contributed by atoms with Crippen molar-refractivity contribution in [2.75, 3.05) is 33.9 Å². The van der Waals surface area contributed by atoms with Gasteiger partial charge < -0.3 is 19.2 Å². The number of thiazole rings is 1. The van der Waals surface area contributed by atoms with Crippen LogP contribution in [0.1, 0.15) is 35.1 Å². The summed E-state index contributed by atoms with van der Waals surface area (Å²) in [4.78, 5) is 19.6. The number of nitrogens with zero attached hydrogens (tertiary/aromatic N) is 2. The summed E-state index contributed by atoms with van der Waals surface area (Å²) >= 11 is 1.42. The van der Waals surface area contributed by atoms with Crippen LogP contribution in [0.2, 0.25) is 0 Å². The standard InChI is InChI=1S/C22H25N3O4S/c1-27-19-8-7-15(12-20(19)28-2)22-24-16(14-30-22)21(26)23-13-17(18-6-5-11-29-18)25-9-3-4-10-25/h5-8,11-12,14,17H,3-4,9-10,13H2,1-2H3,(H,23,26). The van der Waals surface area contributed by atoms with E-state index in [1.165, 1.54) is 24.2 Å². The average molecular weight is 428 g/mol. The highest BCUT2D eigenvalue weighted by molar-refractivity contribution is 7.13. The largest absolute Gasteiger partial charge is 0.493 e. The van der Waals surface area contributed by atoms with Gasteiger partial charge in [-0.15, -0.1) is 11.3 Å². The molecule has 0 spiro atoms. The van der Waals surface area contributed by atoms with E-state index in [9.17, 15) is 4.79 Å². The highest BCUT2D eigenvalue weighted by Gasteiger charge is 2.26. The summed E-state index contributed by atoms with van der Waals surface area (Å²) in [6, 6.07) is 9.49. The minimum atomic E-state index is -0.186. The Balaban J connectivity index is 1.45. The molecule has 0 radical (unpaired) electrons. The lowest BCUT2D eigenvalue weighted by atomic mass is 10.2. The van der Waals surface area contributed by atoms with Gasteiger partial charge in [-0.2, -0.15) is 0 Å². The number of nitrogens with one attached hydrogen (secondary N) is 1. The Hall–Kier alpha value is -2.84. The van der Waals surface area contributed by atoms with Crippen LogP contribution >= 0.6 is 11.3 Å². The second-order valence-corrected chi connectivity index (χ2v) is 7.95. The smallest absolute Gasteiger partial charge is 0.270 e. The Bertz CT molecular complexity index is 980. The van der Waals surface area contributed by atoms with Crippen LogP contribution in [0.4, 0.5) is 0 Å². The van der Waals surface area contributed by atoms with Crippen molar-refractivity contribution in [1.82, 2.24) is 15.2 Å². The Labute approximate surface area is 179 Å². The first-order valence-corrected chi connectivity index (χ1v) is 10.8. The molecule has 1 N–H and O–H groups in total. The molecule has 0 aliphatic carbocycles. The summed E-state index contributed by atoms with van der Waals surface area (Å²) in [5.41, 5.74) is 1.28. The first-order chi connectivity index (χ1) is 14.7. The van der Waals surface area contributed by atoms with E-state index in [-0.39, 0.29) is 11.9 Å². The van der Waals surface area contributed by atoms with Crippen molar-refractivity contribution in [3.63, 3.8) is 0 Å². The van der Waals surface area contributed by atoms with Crippen molar-refractivity contribution < 1.29 is 18.7 Å². The summed E-state index contributed by atoms with van der Waals surface area (Å²) in [6.45, 7) is 2.51. The predicted octanol–water partition coefficient (Wildman–Crippen LogP) is 3.99. The molecular weight excluding hydrogens is 402 g/mol. The fourth-order valence-corrected chi connectivity index (χ4v) is 4.50. The van der Waals surface area contributed by atoms with Gasteiger partial charge >= 0.3 is 0 Å². The fraction of sp³-hybridized carbons (Fsp3) is 0.364. The van der Waals surface area contributed by atoms with E-state index >= 15 is 0 Å². The highest BCUT2D eigenvalue weighted by Crippen LogP contribution is 2.33. The van der Waals surface area contributed by atoms with Crippen LogP contribution < -0.4 is 14.8 Å². The number of methoxy groups -OCH3 is 2. The zero-order valence-electron chi connectivity index (χ0n) is 17.1. The van der Waals surface area contributed by atoms with Crippen LogP contribution in [0.25, 0.3) is 10.6 Å². The van der Waals surface area contributed by atoms with Gasteiger partial charge in [0.1, 0.15) is 16.5 Å². The molecule has 1 aliphatic rings. The predicted molar refractivity (Wildman–Crippen MR) is 115 cm³/mol. The van der Waals surface area contributed by atoms with E-state index in [0.717, 1.165) is 29.4 Å². The molecule has 1 aromatic carbocycles. The third-order valence-corrected chi connectivity index (χ3v) is 6.17. The average Bonchev–Trinajstić information content (AvgIpc) is 3.56. The molecule has 30 heavy (non-hydrogen) atoms.